The fourth-order valence-corrected chi connectivity index (χ4v) is 6.37. The lowest BCUT2D eigenvalue weighted by Gasteiger charge is -2.19. The number of nitrogens with two attached hydrogens (primary N) is 1. The van der Waals surface area contributed by atoms with E-state index in [9.17, 15) is 63.1 Å². The number of carbonyl (C=O) groups is 4. The van der Waals surface area contributed by atoms with Crippen LogP contribution >= 0.6 is 0 Å². The Labute approximate surface area is 416 Å². The van der Waals surface area contributed by atoms with Crippen LogP contribution in [-0.4, -0.2) is 81.6 Å². The van der Waals surface area contributed by atoms with Crippen LogP contribution in [0.3, 0.4) is 0 Å². The molecule has 0 saturated carbocycles. The van der Waals surface area contributed by atoms with Gasteiger partial charge in [0.1, 0.15) is 36.2 Å². The van der Waals surface area contributed by atoms with Gasteiger partial charge >= 0.3 is 48.1 Å². The van der Waals surface area contributed by atoms with Crippen LogP contribution in [0, 0.1) is 0 Å². The van der Waals surface area contributed by atoms with Gasteiger partial charge in [-0.05, 0) is 127 Å². The van der Waals surface area contributed by atoms with Crippen molar-refractivity contribution >= 4 is 47.4 Å². The molecule has 0 aliphatic carbocycles. The van der Waals surface area contributed by atoms with Gasteiger partial charge in [-0.25, -0.2) is 19.2 Å². The van der Waals surface area contributed by atoms with Gasteiger partial charge in [0, 0.05) is 43.4 Å². The van der Waals surface area contributed by atoms with E-state index in [1.807, 2.05) is 0 Å². The molecule has 394 valence electrons. The summed E-state index contributed by atoms with van der Waals surface area (Å²) in [4.78, 5) is 51.0. The zero-order valence-electron chi connectivity index (χ0n) is 39.0. The first-order valence-electron chi connectivity index (χ1n) is 22.2. The van der Waals surface area contributed by atoms with Gasteiger partial charge in [0.25, 0.3) is 0 Å². The molecule has 0 radical (unpaired) electrons. The van der Waals surface area contributed by atoms with Gasteiger partial charge in [-0.3, -0.25) is 0 Å². The molecular formula is C52H46F10N2O10. The zero-order chi connectivity index (χ0) is 54.1. The van der Waals surface area contributed by atoms with Crippen molar-refractivity contribution in [3.63, 3.8) is 0 Å². The molecule has 0 unspecified atom stereocenters. The highest BCUT2D eigenvalue weighted by atomic mass is 19.4. The molecular weight excluding hydrogens is 1000 g/mol. The monoisotopic (exact) mass is 1050 g/mol. The summed E-state index contributed by atoms with van der Waals surface area (Å²) in [5.41, 5.74) is 9.11. The first-order chi connectivity index (χ1) is 34.9. The molecule has 5 aromatic rings. The van der Waals surface area contributed by atoms with Gasteiger partial charge in [0.2, 0.25) is 0 Å². The smallest absolute Gasteiger partial charge is 0.453 e. The second kappa shape index (κ2) is 25.6. The summed E-state index contributed by atoms with van der Waals surface area (Å²) in [5.74, 6) is -12.8. The van der Waals surface area contributed by atoms with Crippen molar-refractivity contribution in [1.82, 2.24) is 0 Å². The minimum Gasteiger partial charge on any atom is -0.494 e. The maximum Gasteiger partial charge on any atom is 0.453 e. The lowest BCUT2D eigenvalue weighted by Crippen LogP contribution is -2.36. The lowest BCUT2D eigenvalue weighted by molar-refractivity contribution is -0.284. The first kappa shape index (κ1) is 56.9. The topological polar surface area (TPSA) is 162 Å². The standard InChI is InChI=1S/C52H46F10N2O10/c1-64-38-14-23-43(44(63)30-38)37(31-71-45(65)24-8-33-4-15-41(16-5-33)73-47(67)35-10-19-39(20-11-35)69-28-2-26-49(53,54)51(57,58)59)32-72-46(66)25-9-34-6-17-42(18-7-34)74-48(68)36-12-21-40(22-13-36)70-29-3-27-50(55,56)52(60,61)62/h4-25,30,37,64H,2-3,26-29,31-32,63H2,1H3. The third-order valence-electron chi connectivity index (χ3n) is 10.5. The van der Waals surface area contributed by atoms with E-state index >= 15 is 0 Å². The lowest BCUT2D eigenvalue weighted by atomic mass is 9.98. The number of benzene rings is 5. The first-order valence-corrected chi connectivity index (χ1v) is 22.2. The van der Waals surface area contributed by atoms with Gasteiger partial charge in [-0.2, -0.15) is 43.9 Å². The molecule has 0 amide bonds. The summed E-state index contributed by atoms with van der Waals surface area (Å²) in [6, 6.07) is 27.8. The highest BCUT2D eigenvalue weighted by Crippen LogP contribution is 2.40. The van der Waals surface area contributed by atoms with Crippen molar-refractivity contribution in [3.8, 4) is 23.0 Å². The number of carbonyl (C=O) groups excluding carboxylic acids is 4. The summed E-state index contributed by atoms with van der Waals surface area (Å²) >= 11 is 0. The summed E-state index contributed by atoms with van der Waals surface area (Å²) in [6.45, 7) is -1.31. The van der Waals surface area contributed by atoms with Gasteiger partial charge in [0.05, 0.1) is 30.3 Å². The molecule has 0 saturated heterocycles. The van der Waals surface area contributed by atoms with E-state index in [2.05, 4.69) is 5.32 Å². The van der Waals surface area contributed by atoms with Crippen molar-refractivity contribution < 1.29 is 91.5 Å². The molecule has 0 aromatic heterocycles. The fourth-order valence-electron chi connectivity index (χ4n) is 6.37. The Hall–Kier alpha value is -8.04. The Morgan fingerprint density at radius 3 is 1.27 bits per heavy atom. The average Bonchev–Trinajstić information content (AvgIpc) is 3.36. The Balaban J connectivity index is 1.07. The molecule has 22 heteroatoms. The highest BCUT2D eigenvalue weighted by Gasteiger charge is 2.57. The zero-order valence-corrected chi connectivity index (χ0v) is 39.0. The Morgan fingerprint density at radius 1 is 0.541 bits per heavy atom. The number of nitrogens with one attached hydrogen (secondary N) is 1. The second-order valence-corrected chi connectivity index (χ2v) is 16.0. The molecule has 5 rings (SSSR count). The Kier molecular flexibility index (Phi) is 19.6. The normalized spacial score (nSPS) is 12.5. The maximum absolute atomic E-state index is 13.1. The molecule has 5 aromatic carbocycles. The quantitative estimate of drug-likeness (QED) is 0.0150. The fraction of sp³-hybridized carbons (Fsp3) is 0.269. The van der Waals surface area contributed by atoms with Crippen molar-refractivity contribution in [2.75, 3.05) is 44.5 Å². The Bertz CT molecular complexity index is 2570. The maximum atomic E-state index is 13.1. The van der Waals surface area contributed by atoms with Gasteiger partial charge in [-0.15, -0.1) is 0 Å². The predicted molar refractivity (Wildman–Crippen MR) is 250 cm³/mol. The van der Waals surface area contributed by atoms with Crippen molar-refractivity contribution in [2.24, 2.45) is 0 Å². The molecule has 0 heterocycles. The third kappa shape index (κ3) is 17.3. The van der Waals surface area contributed by atoms with Crippen molar-refractivity contribution in [2.45, 2.75) is 55.8 Å². The number of alkyl halides is 10. The van der Waals surface area contributed by atoms with E-state index in [-0.39, 0.29) is 47.3 Å². The largest absolute Gasteiger partial charge is 0.494 e. The molecule has 0 bridgehead atoms. The second-order valence-electron chi connectivity index (χ2n) is 16.0. The minimum atomic E-state index is -5.65. The van der Waals surface area contributed by atoms with Crippen molar-refractivity contribution in [1.29, 1.82) is 0 Å². The molecule has 0 aliphatic rings. The van der Waals surface area contributed by atoms with E-state index in [0.717, 1.165) is 12.2 Å². The minimum absolute atomic E-state index is 0.0929. The molecule has 12 nitrogen and oxygen atoms in total. The van der Waals surface area contributed by atoms with Crippen LogP contribution in [0.2, 0.25) is 0 Å². The van der Waals surface area contributed by atoms with Gasteiger partial charge < -0.3 is 39.5 Å². The average molecular weight is 1050 g/mol. The number of nitrogen functional groups attached to an aromatic ring is 1. The highest BCUT2D eigenvalue weighted by molar-refractivity contribution is 5.92. The number of hydrogen-bond acceptors (Lipinski definition) is 12. The van der Waals surface area contributed by atoms with Crippen molar-refractivity contribution in [3.05, 3.63) is 155 Å². The van der Waals surface area contributed by atoms with Crippen LogP contribution in [0.15, 0.2) is 127 Å². The number of hydrogen-bond donors (Lipinski definition) is 2. The summed E-state index contributed by atoms with van der Waals surface area (Å²) in [7, 11) is 1.70. The SMILES string of the molecule is CNc1ccc(C(COC(=O)C=Cc2ccc(OC(=O)c3ccc(OCCCC(F)(F)C(F)(F)F)cc3)cc2)COC(=O)C=Cc2ccc(OC(=O)c3ccc(OCCCC(F)(F)C(F)(F)F)cc3)cc2)c(N)c1. The van der Waals surface area contributed by atoms with Crippen LogP contribution in [0.1, 0.15) is 69.0 Å². The van der Waals surface area contributed by atoms with E-state index < -0.39 is 92.9 Å². The number of anilines is 2. The van der Waals surface area contributed by atoms with E-state index in [1.165, 1.54) is 84.9 Å². The molecule has 0 aliphatic heterocycles. The third-order valence-corrected chi connectivity index (χ3v) is 10.5. The van der Waals surface area contributed by atoms with Crippen LogP contribution in [-0.2, 0) is 19.1 Å². The molecule has 3 N–H and O–H groups in total. The summed E-state index contributed by atoms with van der Waals surface area (Å²) in [6.07, 6.45) is -10.1. The van der Waals surface area contributed by atoms with Gasteiger partial charge in [-0.1, -0.05) is 30.3 Å². The number of ether oxygens (including phenoxy) is 6. The van der Waals surface area contributed by atoms with E-state index in [0.29, 0.717) is 28.1 Å². The van der Waals surface area contributed by atoms with E-state index in [4.69, 9.17) is 34.2 Å². The van der Waals surface area contributed by atoms with Gasteiger partial charge in [0.15, 0.2) is 0 Å². The van der Waals surface area contributed by atoms with Crippen LogP contribution in [0.25, 0.3) is 12.2 Å². The Morgan fingerprint density at radius 2 is 0.919 bits per heavy atom. The van der Waals surface area contributed by atoms with Crippen LogP contribution in [0.4, 0.5) is 55.3 Å². The molecule has 0 spiro atoms. The number of halogens is 10. The molecule has 0 atom stereocenters. The van der Waals surface area contributed by atoms with Crippen LogP contribution < -0.4 is 30.0 Å². The molecule has 74 heavy (non-hydrogen) atoms. The number of esters is 4. The summed E-state index contributed by atoms with van der Waals surface area (Å²) in [5, 5.41) is 2.96. The number of rotatable bonds is 24. The molecule has 0 fully saturated rings. The predicted octanol–water partition coefficient (Wildman–Crippen LogP) is 12.1. The van der Waals surface area contributed by atoms with E-state index in [1.54, 1.807) is 49.5 Å². The van der Waals surface area contributed by atoms with Crippen LogP contribution in [0.5, 0.6) is 23.0 Å². The summed E-state index contributed by atoms with van der Waals surface area (Å²) < 4.78 is 158.